The maximum Gasteiger partial charge on any atom is 0.270 e. The van der Waals surface area contributed by atoms with Crippen molar-refractivity contribution in [3.8, 4) is 0 Å². The van der Waals surface area contributed by atoms with Crippen LogP contribution in [0.1, 0.15) is 44.1 Å². The third-order valence-electron chi connectivity index (χ3n) is 2.29. The Kier molecular flexibility index (Phi) is 3.00. The molecule has 2 N–H and O–H groups in total. The van der Waals surface area contributed by atoms with Crippen molar-refractivity contribution < 1.29 is 4.79 Å². The quantitative estimate of drug-likeness (QED) is 0.833. The van der Waals surface area contributed by atoms with Gasteiger partial charge in [0.2, 0.25) is 5.95 Å². The summed E-state index contributed by atoms with van der Waals surface area (Å²) in [6.07, 6.45) is 3.92. The van der Waals surface area contributed by atoms with Crippen molar-refractivity contribution in [2.75, 3.05) is 5.32 Å². The number of nitrogens with zero attached hydrogens (tertiary/aromatic N) is 2. The Morgan fingerprint density at radius 1 is 1.41 bits per heavy atom. The molecule has 0 spiro atoms. The molecule has 2 rings (SSSR count). The number of anilines is 1. The first-order valence-corrected chi connectivity index (χ1v) is 5.86. The van der Waals surface area contributed by atoms with Crippen LogP contribution in [0.15, 0.2) is 12.3 Å². The molecule has 92 valence electrons. The van der Waals surface area contributed by atoms with Crippen LogP contribution in [0, 0.1) is 0 Å². The highest BCUT2D eigenvalue weighted by Gasteiger charge is 2.22. The first kappa shape index (κ1) is 11.8. The van der Waals surface area contributed by atoms with Gasteiger partial charge in [0.1, 0.15) is 5.69 Å². The van der Waals surface area contributed by atoms with E-state index < -0.39 is 0 Å². The zero-order chi connectivity index (χ0) is 12.5. The normalized spacial score (nSPS) is 15.5. The lowest BCUT2D eigenvalue weighted by molar-refractivity contribution is 0.0914. The summed E-state index contributed by atoms with van der Waals surface area (Å²) >= 11 is 0. The summed E-state index contributed by atoms with van der Waals surface area (Å²) in [5.41, 5.74) is 0.143. The second kappa shape index (κ2) is 4.31. The van der Waals surface area contributed by atoms with Crippen LogP contribution in [0.25, 0.3) is 0 Å². The van der Waals surface area contributed by atoms with Crippen molar-refractivity contribution in [1.82, 2.24) is 15.3 Å². The molecule has 0 unspecified atom stereocenters. The van der Waals surface area contributed by atoms with Crippen LogP contribution in [-0.4, -0.2) is 27.5 Å². The van der Waals surface area contributed by atoms with Crippen molar-refractivity contribution in [3.63, 3.8) is 0 Å². The molecule has 1 fully saturated rings. The van der Waals surface area contributed by atoms with E-state index in [9.17, 15) is 4.79 Å². The molecule has 1 aromatic heterocycles. The van der Waals surface area contributed by atoms with Gasteiger partial charge in [0.25, 0.3) is 5.91 Å². The lowest BCUT2D eigenvalue weighted by atomic mass is 10.1. The highest BCUT2D eigenvalue weighted by atomic mass is 16.2. The summed E-state index contributed by atoms with van der Waals surface area (Å²) in [7, 11) is 0. The van der Waals surface area contributed by atoms with Gasteiger partial charge in [-0.2, -0.15) is 0 Å². The minimum Gasteiger partial charge on any atom is -0.351 e. The van der Waals surface area contributed by atoms with Gasteiger partial charge in [-0.3, -0.25) is 4.79 Å². The van der Waals surface area contributed by atoms with Crippen molar-refractivity contribution in [1.29, 1.82) is 0 Å². The fourth-order valence-electron chi connectivity index (χ4n) is 1.37. The topological polar surface area (TPSA) is 66.9 Å². The van der Waals surface area contributed by atoms with Crippen molar-refractivity contribution in [2.24, 2.45) is 0 Å². The second-order valence-corrected chi connectivity index (χ2v) is 5.39. The summed E-state index contributed by atoms with van der Waals surface area (Å²) in [5, 5.41) is 6.05. The lowest BCUT2D eigenvalue weighted by Crippen LogP contribution is -2.41. The molecule has 1 saturated carbocycles. The predicted molar refractivity (Wildman–Crippen MR) is 65.9 cm³/mol. The molecule has 0 aliphatic heterocycles. The number of carbonyl (C=O) groups is 1. The molecule has 1 heterocycles. The fraction of sp³-hybridized carbons (Fsp3) is 0.583. The Morgan fingerprint density at radius 3 is 2.71 bits per heavy atom. The molecule has 0 aromatic carbocycles. The molecule has 1 aromatic rings. The van der Waals surface area contributed by atoms with Crippen LogP contribution in [0.3, 0.4) is 0 Å². The third kappa shape index (κ3) is 3.69. The van der Waals surface area contributed by atoms with E-state index in [0.717, 1.165) is 12.8 Å². The summed E-state index contributed by atoms with van der Waals surface area (Å²) in [6, 6.07) is 2.11. The van der Waals surface area contributed by atoms with Crippen LogP contribution in [0.2, 0.25) is 0 Å². The predicted octanol–water partition coefficient (Wildman–Crippen LogP) is 1.58. The van der Waals surface area contributed by atoms with Crippen LogP contribution >= 0.6 is 0 Å². The molecule has 1 aliphatic rings. The summed E-state index contributed by atoms with van der Waals surface area (Å²) in [6.45, 7) is 5.82. The highest BCUT2D eigenvalue weighted by Crippen LogP contribution is 2.22. The van der Waals surface area contributed by atoms with Crippen molar-refractivity contribution in [3.05, 3.63) is 18.0 Å². The van der Waals surface area contributed by atoms with E-state index in [4.69, 9.17) is 0 Å². The zero-order valence-electron chi connectivity index (χ0n) is 10.4. The molecule has 1 aliphatic carbocycles. The molecule has 0 bridgehead atoms. The number of rotatable bonds is 3. The largest absolute Gasteiger partial charge is 0.351 e. The van der Waals surface area contributed by atoms with Crippen LogP contribution in [0.5, 0.6) is 0 Å². The second-order valence-electron chi connectivity index (χ2n) is 5.39. The summed E-state index contributed by atoms with van der Waals surface area (Å²) in [5.74, 6) is 0.368. The van der Waals surface area contributed by atoms with E-state index in [1.807, 2.05) is 20.8 Å². The highest BCUT2D eigenvalue weighted by molar-refractivity contribution is 5.92. The van der Waals surface area contributed by atoms with Gasteiger partial charge >= 0.3 is 0 Å². The number of amides is 1. The van der Waals surface area contributed by atoms with E-state index >= 15 is 0 Å². The molecular formula is C12H18N4O. The maximum atomic E-state index is 11.9. The standard InChI is InChI=1S/C12H18N4O/c1-12(2,3)16-10(17)9-6-7-13-11(15-9)14-8-4-5-8/h6-8H,4-5H2,1-3H3,(H,16,17)(H,13,14,15). The van der Waals surface area contributed by atoms with Gasteiger partial charge in [-0.1, -0.05) is 0 Å². The fourth-order valence-corrected chi connectivity index (χ4v) is 1.37. The first-order valence-electron chi connectivity index (χ1n) is 5.86. The van der Waals surface area contributed by atoms with E-state index in [2.05, 4.69) is 20.6 Å². The van der Waals surface area contributed by atoms with Gasteiger partial charge in [0.15, 0.2) is 0 Å². The SMILES string of the molecule is CC(C)(C)NC(=O)c1ccnc(NC2CC2)n1. The number of hydrogen-bond acceptors (Lipinski definition) is 4. The molecule has 17 heavy (non-hydrogen) atoms. The Labute approximate surface area is 101 Å². The first-order chi connectivity index (χ1) is 7.94. The van der Waals surface area contributed by atoms with Gasteiger partial charge in [-0.25, -0.2) is 9.97 Å². The molecule has 0 atom stereocenters. The van der Waals surface area contributed by atoms with E-state index in [1.54, 1.807) is 12.3 Å². The van der Waals surface area contributed by atoms with E-state index in [1.165, 1.54) is 0 Å². The summed E-state index contributed by atoms with van der Waals surface area (Å²) in [4.78, 5) is 20.2. The Balaban J connectivity index is 2.06. The van der Waals surface area contributed by atoms with Crippen molar-refractivity contribution in [2.45, 2.75) is 45.2 Å². The number of hydrogen-bond donors (Lipinski definition) is 2. The lowest BCUT2D eigenvalue weighted by Gasteiger charge is -2.20. The number of aromatic nitrogens is 2. The average molecular weight is 234 g/mol. The zero-order valence-corrected chi connectivity index (χ0v) is 10.4. The molecule has 0 saturated heterocycles. The molecule has 5 nitrogen and oxygen atoms in total. The molecule has 5 heteroatoms. The van der Waals surface area contributed by atoms with Crippen LogP contribution in [0.4, 0.5) is 5.95 Å². The molecule has 0 radical (unpaired) electrons. The van der Waals surface area contributed by atoms with E-state index in [-0.39, 0.29) is 11.4 Å². The third-order valence-corrected chi connectivity index (χ3v) is 2.29. The molecular weight excluding hydrogens is 216 g/mol. The summed E-state index contributed by atoms with van der Waals surface area (Å²) < 4.78 is 0. The number of nitrogens with one attached hydrogen (secondary N) is 2. The Hall–Kier alpha value is -1.65. The van der Waals surface area contributed by atoms with Crippen LogP contribution in [-0.2, 0) is 0 Å². The van der Waals surface area contributed by atoms with E-state index in [0.29, 0.717) is 17.7 Å². The molecule has 1 amide bonds. The van der Waals surface area contributed by atoms with Gasteiger partial charge in [-0.15, -0.1) is 0 Å². The monoisotopic (exact) mass is 234 g/mol. The maximum absolute atomic E-state index is 11.9. The minimum atomic E-state index is -0.258. The van der Waals surface area contributed by atoms with Gasteiger partial charge in [-0.05, 0) is 39.7 Å². The Morgan fingerprint density at radius 2 is 2.12 bits per heavy atom. The average Bonchev–Trinajstić information content (AvgIpc) is 2.99. The van der Waals surface area contributed by atoms with Gasteiger partial charge < -0.3 is 10.6 Å². The van der Waals surface area contributed by atoms with Crippen LogP contribution < -0.4 is 10.6 Å². The van der Waals surface area contributed by atoms with Gasteiger partial charge in [0.05, 0.1) is 0 Å². The Bertz CT molecular complexity index is 421. The van der Waals surface area contributed by atoms with Gasteiger partial charge in [0, 0.05) is 17.8 Å². The minimum absolute atomic E-state index is 0.168. The smallest absolute Gasteiger partial charge is 0.270 e. The number of carbonyl (C=O) groups excluding carboxylic acids is 1. The van der Waals surface area contributed by atoms with Crippen molar-refractivity contribution >= 4 is 11.9 Å².